The minimum Gasteiger partial charge on any atom is -0.507 e. The molecule has 10 heteroatoms. The molecule has 1 amide bonds. The summed E-state index contributed by atoms with van der Waals surface area (Å²) in [5.41, 5.74) is 2.06. The minimum atomic E-state index is -4.78. The molecule has 0 spiro atoms. The van der Waals surface area contributed by atoms with Gasteiger partial charge in [-0.25, -0.2) is 4.98 Å². The molecule has 0 aliphatic heterocycles. The van der Waals surface area contributed by atoms with Crippen LogP contribution in [-0.4, -0.2) is 22.4 Å². The molecule has 2 aromatic carbocycles. The summed E-state index contributed by atoms with van der Waals surface area (Å²) in [7, 11) is 0. The minimum absolute atomic E-state index is 0.152. The molecule has 0 saturated carbocycles. The largest absolute Gasteiger partial charge is 0.573 e. The van der Waals surface area contributed by atoms with Gasteiger partial charge in [-0.05, 0) is 58.9 Å². The van der Waals surface area contributed by atoms with Crippen LogP contribution in [0.4, 0.5) is 18.3 Å². The number of aromatic nitrogens is 1. The van der Waals surface area contributed by atoms with Gasteiger partial charge in [0.15, 0.2) is 5.13 Å². The molecule has 0 radical (unpaired) electrons. The molecule has 0 saturated heterocycles. The maximum absolute atomic E-state index is 12.9. The van der Waals surface area contributed by atoms with E-state index >= 15 is 0 Å². The molecule has 200 valence electrons. The molecule has 0 bridgehead atoms. The number of aromatic hydroxyl groups is 1. The number of hydrogen-bond donors (Lipinski definition) is 2. The van der Waals surface area contributed by atoms with Gasteiger partial charge in [0.05, 0.1) is 5.69 Å². The van der Waals surface area contributed by atoms with Crippen molar-refractivity contribution in [3.63, 3.8) is 0 Å². The van der Waals surface area contributed by atoms with Crippen LogP contribution in [0, 0.1) is 11.3 Å². The van der Waals surface area contributed by atoms with Crippen molar-refractivity contribution in [1.82, 2.24) is 4.98 Å². The number of ether oxygens (including phenoxy) is 1. The first kappa shape index (κ1) is 28.7. The number of carbonyl (C=O) groups is 1. The van der Waals surface area contributed by atoms with Crippen molar-refractivity contribution in [3.8, 4) is 28.8 Å². The normalized spacial score (nSPS) is 12.7. The van der Waals surface area contributed by atoms with E-state index < -0.39 is 12.3 Å². The number of halogens is 3. The average Bonchev–Trinajstić information content (AvgIpc) is 3.24. The molecule has 3 aromatic rings. The molecular formula is C28H28F3N3O3S. The Morgan fingerprint density at radius 1 is 1.05 bits per heavy atom. The van der Waals surface area contributed by atoms with E-state index in [4.69, 9.17) is 0 Å². The van der Waals surface area contributed by atoms with Crippen LogP contribution >= 0.6 is 11.3 Å². The van der Waals surface area contributed by atoms with Crippen molar-refractivity contribution in [2.75, 3.05) is 5.32 Å². The second-order valence-electron chi connectivity index (χ2n) is 10.7. The first-order valence-corrected chi connectivity index (χ1v) is 12.5. The van der Waals surface area contributed by atoms with Gasteiger partial charge in [0.1, 0.15) is 23.1 Å². The van der Waals surface area contributed by atoms with Gasteiger partial charge < -0.3 is 9.84 Å². The second kappa shape index (κ2) is 10.5. The Morgan fingerprint density at radius 3 is 2.08 bits per heavy atom. The fourth-order valence-corrected chi connectivity index (χ4v) is 4.37. The zero-order chi connectivity index (χ0) is 28.5. The summed E-state index contributed by atoms with van der Waals surface area (Å²) in [4.78, 5) is 17.2. The second-order valence-corrected chi connectivity index (χ2v) is 11.6. The van der Waals surface area contributed by atoms with Crippen LogP contribution in [0.3, 0.4) is 0 Å². The summed E-state index contributed by atoms with van der Waals surface area (Å²) in [5.74, 6) is -0.823. The first-order chi connectivity index (χ1) is 17.5. The fourth-order valence-electron chi connectivity index (χ4n) is 3.65. The number of phenolic OH excluding ortho intramolecular Hbond substituents is 1. The zero-order valence-corrected chi connectivity index (χ0v) is 22.6. The number of hydrogen-bond acceptors (Lipinski definition) is 6. The molecule has 0 unspecified atom stereocenters. The topological polar surface area (TPSA) is 95.2 Å². The lowest BCUT2D eigenvalue weighted by atomic mass is 9.78. The number of nitrogens with one attached hydrogen (secondary N) is 1. The van der Waals surface area contributed by atoms with Crippen molar-refractivity contribution in [3.05, 3.63) is 64.0 Å². The molecule has 2 N–H and O–H groups in total. The molecule has 0 atom stereocenters. The van der Waals surface area contributed by atoms with Gasteiger partial charge in [-0.1, -0.05) is 41.5 Å². The number of alkyl halides is 3. The van der Waals surface area contributed by atoms with Gasteiger partial charge in [0.2, 0.25) is 0 Å². The summed E-state index contributed by atoms with van der Waals surface area (Å²) in [6.07, 6.45) is -3.32. The van der Waals surface area contributed by atoms with Crippen LogP contribution in [0.5, 0.6) is 11.5 Å². The maximum atomic E-state index is 12.9. The number of nitriles is 1. The average molecular weight is 544 g/mol. The van der Waals surface area contributed by atoms with E-state index in [0.29, 0.717) is 27.9 Å². The predicted molar refractivity (Wildman–Crippen MR) is 142 cm³/mol. The van der Waals surface area contributed by atoms with Gasteiger partial charge in [0.25, 0.3) is 5.91 Å². The Balaban J connectivity index is 1.86. The van der Waals surface area contributed by atoms with Crippen molar-refractivity contribution in [2.45, 2.75) is 58.7 Å². The summed E-state index contributed by atoms with van der Waals surface area (Å²) in [5, 5.41) is 25.1. The number of anilines is 1. The van der Waals surface area contributed by atoms with Crippen LogP contribution in [-0.2, 0) is 15.6 Å². The Hall–Kier alpha value is -3.84. The number of benzene rings is 2. The number of nitrogens with zero attached hydrogens (tertiary/aromatic N) is 2. The molecule has 0 aliphatic carbocycles. The van der Waals surface area contributed by atoms with E-state index in [-0.39, 0.29) is 33.0 Å². The Kier molecular flexibility index (Phi) is 7.94. The highest BCUT2D eigenvalue weighted by Gasteiger charge is 2.31. The number of phenols is 1. The smallest absolute Gasteiger partial charge is 0.507 e. The highest BCUT2D eigenvalue weighted by molar-refractivity contribution is 7.14. The Labute approximate surface area is 223 Å². The lowest BCUT2D eigenvalue weighted by molar-refractivity contribution is -0.274. The molecule has 1 heterocycles. The van der Waals surface area contributed by atoms with Crippen LogP contribution in [0.25, 0.3) is 17.3 Å². The van der Waals surface area contributed by atoms with Crippen LogP contribution in [0.2, 0.25) is 0 Å². The molecule has 1 aromatic heterocycles. The standard InChI is InChI=1S/C28H28F3N3O3S/c1-26(2,3)20-12-16(13-21(23(20)35)27(4,5)6)11-18(14-32)24(36)34-25-33-22(15-38-25)17-7-9-19(10-8-17)37-28(29,30)31/h7-13,15,35H,1-6H3,(H,33,34,36)/b18-11+. The zero-order valence-electron chi connectivity index (χ0n) is 21.8. The number of carbonyl (C=O) groups excluding carboxylic acids is 1. The highest BCUT2D eigenvalue weighted by atomic mass is 32.1. The number of rotatable bonds is 5. The predicted octanol–water partition coefficient (Wildman–Crippen LogP) is 7.55. The Morgan fingerprint density at radius 2 is 1.61 bits per heavy atom. The Bertz CT molecular complexity index is 1370. The van der Waals surface area contributed by atoms with Crippen LogP contribution < -0.4 is 10.1 Å². The van der Waals surface area contributed by atoms with Gasteiger partial charge in [-0.2, -0.15) is 5.26 Å². The van der Waals surface area contributed by atoms with Gasteiger partial charge in [-0.3, -0.25) is 10.1 Å². The van der Waals surface area contributed by atoms with Crippen LogP contribution in [0.1, 0.15) is 58.2 Å². The van der Waals surface area contributed by atoms with Crippen molar-refractivity contribution in [2.24, 2.45) is 0 Å². The third-order valence-electron chi connectivity index (χ3n) is 5.53. The monoisotopic (exact) mass is 543 g/mol. The third-order valence-corrected chi connectivity index (χ3v) is 6.29. The fraction of sp³-hybridized carbons (Fsp3) is 0.321. The number of thiazole rings is 1. The SMILES string of the molecule is CC(C)(C)c1cc(/C=C(\C#N)C(=O)Nc2nc(-c3ccc(OC(F)(F)F)cc3)cs2)cc(C(C)(C)C)c1O. The molecule has 0 fully saturated rings. The summed E-state index contributed by atoms with van der Waals surface area (Å²) >= 11 is 1.11. The van der Waals surface area contributed by atoms with E-state index in [9.17, 15) is 28.3 Å². The van der Waals surface area contributed by atoms with E-state index in [1.165, 1.54) is 30.3 Å². The highest BCUT2D eigenvalue weighted by Crippen LogP contribution is 2.40. The molecule has 3 rings (SSSR count). The van der Waals surface area contributed by atoms with Crippen molar-refractivity contribution < 1.29 is 27.8 Å². The van der Waals surface area contributed by atoms with E-state index in [1.54, 1.807) is 17.5 Å². The van der Waals surface area contributed by atoms with Gasteiger partial charge in [-0.15, -0.1) is 24.5 Å². The third kappa shape index (κ3) is 7.13. The van der Waals surface area contributed by atoms with E-state index in [1.807, 2.05) is 47.6 Å². The summed E-state index contributed by atoms with van der Waals surface area (Å²) in [6, 6.07) is 10.6. The van der Waals surface area contributed by atoms with Crippen LogP contribution in [0.15, 0.2) is 47.4 Å². The van der Waals surface area contributed by atoms with Crippen molar-refractivity contribution >= 4 is 28.5 Å². The lowest BCUT2D eigenvalue weighted by Crippen LogP contribution is -2.18. The van der Waals surface area contributed by atoms with Gasteiger partial charge >= 0.3 is 6.36 Å². The summed E-state index contributed by atoms with van der Waals surface area (Å²) in [6.45, 7) is 11.8. The lowest BCUT2D eigenvalue weighted by Gasteiger charge is -2.28. The summed E-state index contributed by atoms with van der Waals surface area (Å²) < 4.78 is 41.0. The van der Waals surface area contributed by atoms with Crippen molar-refractivity contribution in [1.29, 1.82) is 5.26 Å². The van der Waals surface area contributed by atoms with E-state index in [2.05, 4.69) is 15.0 Å². The van der Waals surface area contributed by atoms with E-state index in [0.717, 1.165) is 11.3 Å². The molecule has 0 aliphatic rings. The first-order valence-electron chi connectivity index (χ1n) is 11.6. The van der Waals surface area contributed by atoms with Gasteiger partial charge in [0, 0.05) is 22.1 Å². The molecular weight excluding hydrogens is 515 g/mol. The molecule has 38 heavy (non-hydrogen) atoms. The maximum Gasteiger partial charge on any atom is 0.573 e. The quantitative estimate of drug-likeness (QED) is 0.256. The molecule has 6 nitrogen and oxygen atoms in total. The number of amides is 1.